The largest absolute Gasteiger partial charge is 0.508 e. The van der Waals surface area contributed by atoms with Gasteiger partial charge in [-0.2, -0.15) is 4.98 Å². The van der Waals surface area contributed by atoms with Gasteiger partial charge in [0.25, 0.3) is 0 Å². The minimum absolute atomic E-state index is 0.124. The second-order valence-electron chi connectivity index (χ2n) is 7.56. The van der Waals surface area contributed by atoms with Crippen LogP contribution in [0.4, 0.5) is 5.95 Å². The van der Waals surface area contributed by atoms with E-state index in [1.165, 1.54) is 0 Å². The lowest BCUT2D eigenvalue weighted by Gasteiger charge is -2.32. The van der Waals surface area contributed by atoms with Crippen LogP contribution in [-0.4, -0.2) is 32.4 Å². The van der Waals surface area contributed by atoms with Crippen molar-refractivity contribution in [3.05, 3.63) is 59.3 Å². The number of carbonyl (C=O) groups is 1. The molecular weight excluding hydrogens is 384 g/mol. The summed E-state index contributed by atoms with van der Waals surface area (Å²) in [6.45, 7) is 0.192. The summed E-state index contributed by atoms with van der Waals surface area (Å²) in [5, 5.41) is 17.6. The molecule has 1 aliphatic carbocycles. The predicted molar refractivity (Wildman–Crippen MR) is 107 cm³/mol. The Kier molecular flexibility index (Phi) is 3.61. The Hall–Kier alpha value is -3.81. The Morgan fingerprint density at radius 1 is 1.07 bits per heavy atom. The van der Waals surface area contributed by atoms with Gasteiger partial charge in [-0.1, -0.05) is 6.07 Å². The number of ketones is 1. The Morgan fingerprint density at radius 2 is 1.90 bits per heavy atom. The quantitative estimate of drug-likeness (QED) is 0.678. The normalized spacial score (nSPS) is 19.3. The molecule has 3 aliphatic rings. The fraction of sp³-hybridized carbons (Fsp3) is 0.227. The number of allylic oxidation sites excluding steroid dienone is 2. The fourth-order valence-corrected chi connectivity index (χ4v) is 4.28. The summed E-state index contributed by atoms with van der Waals surface area (Å²) in [5.41, 5.74) is 3.32. The van der Waals surface area contributed by atoms with Gasteiger partial charge in [0.1, 0.15) is 11.8 Å². The highest BCUT2D eigenvalue weighted by Crippen LogP contribution is 2.43. The van der Waals surface area contributed by atoms with Crippen molar-refractivity contribution in [2.24, 2.45) is 0 Å². The van der Waals surface area contributed by atoms with Crippen LogP contribution >= 0.6 is 0 Å². The molecule has 150 valence electrons. The smallest absolute Gasteiger partial charge is 0.231 e. The summed E-state index contributed by atoms with van der Waals surface area (Å²) >= 11 is 0. The number of rotatable bonds is 2. The molecule has 3 heterocycles. The van der Waals surface area contributed by atoms with Gasteiger partial charge in [0, 0.05) is 23.3 Å². The van der Waals surface area contributed by atoms with Crippen molar-refractivity contribution in [2.45, 2.75) is 25.3 Å². The van der Waals surface area contributed by atoms with Crippen molar-refractivity contribution < 1.29 is 19.4 Å². The molecule has 0 amide bonds. The highest BCUT2D eigenvalue weighted by atomic mass is 16.7. The highest BCUT2D eigenvalue weighted by Gasteiger charge is 2.37. The molecule has 0 radical (unpaired) electrons. The van der Waals surface area contributed by atoms with Gasteiger partial charge in [-0.05, 0) is 54.8 Å². The molecule has 2 aromatic carbocycles. The molecular formula is C22H18N4O4. The number of hydrogen-bond acceptors (Lipinski definition) is 7. The van der Waals surface area contributed by atoms with Gasteiger partial charge in [-0.25, -0.2) is 4.68 Å². The van der Waals surface area contributed by atoms with Crippen LogP contribution < -0.4 is 14.8 Å². The van der Waals surface area contributed by atoms with E-state index in [0.29, 0.717) is 29.7 Å². The van der Waals surface area contributed by atoms with Crippen LogP contribution in [0.3, 0.4) is 0 Å². The topological polar surface area (TPSA) is 98.5 Å². The van der Waals surface area contributed by atoms with Gasteiger partial charge < -0.3 is 19.9 Å². The number of nitrogens with zero attached hydrogens (tertiary/aromatic N) is 3. The molecule has 0 saturated heterocycles. The number of Topliss-reactive ketones (excluding diaryl/α,β-unsaturated/α-hetero) is 1. The number of ether oxygens (including phenoxy) is 2. The molecule has 1 unspecified atom stereocenters. The first-order valence-corrected chi connectivity index (χ1v) is 9.86. The summed E-state index contributed by atoms with van der Waals surface area (Å²) in [5.74, 6) is 2.78. The van der Waals surface area contributed by atoms with Crippen molar-refractivity contribution in [3.8, 4) is 28.6 Å². The standard InChI is InChI=1S/C22H18N4O4/c27-14-7-4-12(5-8-14)21-24-22-23-15-2-1-3-16(28)19(15)20(26(22)25-21)13-6-9-17-18(10-13)30-11-29-17/h4-10,20,27H,1-3,11H2,(H,23,24,25). The number of aromatic nitrogens is 3. The number of fused-ring (bicyclic) bond motifs is 2. The van der Waals surface area contributed by atoms with E-state index in [0.717, 1.165) is 35.2 Å². The van der Waals surface area contributed by atoms with Crippen LogP contribution in [-0.2, 0) is 4.79 Å². The van der Waals surface area contributed by atoms with E-state index < -0.39 is 6.04 Å². The SMILES string of the molecule is O=C1CCCC2=C1C(c1ccc3c(c1)OCO3)n1nc(-c3ccc(O)cc3)nc1N2. The van der Waals surface area contributed by atoms with Gasteiger partial charge >= 0.3 is 0 Å². The number of phenolic OH excluding ortho intramolecular Hbond substituents is 1. The highest BCUT2D eigenvalue weighted by molar-refractivity contribution is 5.99. The van der Waals surface area contributed by atoms with E-state index in [1.54, 1.807) is 28.9 Å². The maximum atomic E-state index is 12.9. The fourth-order valence-electron chi connectivity index (χ4n) is 4.28. The van der Waals surface area contributed by atoms with Gasteiger partial charge in [0.15, 0.2) is 23.1 Å². The van der Waals surface area contributed by atoms with Crippen LogP contribution in [0.5, 0.6) is 17.2 Å². The molecule has 3 aromatic rings. The van der Waals surface area contributed by atoms with Gasteiger partial charge in [-0.3, -0.25) is 4.79 Å². The third-order valence-electron chi connectivity index (χ3n) is 5.71. The number of benzene rings is 2. The van der Waals surface area contributed by atoms with E-state index in [1.807, 2.05) is 18.2 Å². The van der Waals surface area contributed by atoms with Gasteiger partial charge in [0.05, 0.1) is 0 Å². The molecule has 1 aromatic heterocycles. The molecule has 0 bridgehead atoms. The first-order valence-electron chi connectivity index (χ1n) is 9.86. The molecule has 8 nitrogen and oxygen atoms in total. The van der Waals surface area contributed by atoms with Crippen LogP contribution in [0.25, 0.3) is 11.4 Å². The molecule has 0 spiro atoms. The zero-order valence-electron chi connectivity index (χ0n) is 16.0. The second kappa shape index (κ2) is 6.35. The molecule has 2 N–H and O–H groups in total. The minimum Gasteiger partial charge on any atom is -0.508 e. The third-order valence-corrected chi connectivity index (χ3v) is 5.71. The van der Waals surface area contributed by atoms with E-state index in [9.17, 15) is 9.90 Å². The Balaban J connectivity index is 1.51. The number of phenols is 1. The van der Waals surface area contributed by atoms with Crippen LogP contribution in [0.1, 0.15) is 30.9 Å². The Bertz CT molecular complexity index is 1210. The number of carbonyl (C=O) groups excluding carboxylic acids is 1. The monoisotopic (exact) mass is 402 g/mol. The van der Waals surface area contributed by atoms with Crippen molar-refractivity contribution in [1.29, 1.82) is 0 Å². The lowest BCUT2D eigenvalue weighted by atomic mass is 9.85. The first kappa shape index (κ1) is 17.1. The number of aromatic hydroxyl groups is 1. The van der Waals surface area contributed by atoms with Crippen molar-refractivity contribution >= 4 is 11.7 Å². The van der Waals surface area contributed by atoms with Gasteiger partial charge in [0.2, 0.25) is 12.7 Å². The lowest BCUT2D eigenvalue weighted by Crippen LogP contribution is -2.31. The summed E-state index contributed by atoms with van der Waals surface area (Å²) in [6, 6.07) is 12.1. The van der Waals surface area contributed by atoms with Crippen molar-refractivity contribution in [3.63, 3.8) is 0 Å². The zero-order chi connectivity index (χ0) is 20.2. The average molecular weight is 402 g/mol. The number of hydrogen-bond donors (Lipinski definition) is 2. The summed E-state index contributed by atoms with van der Waals surface area (Å²) in [6.07, 6.45) is 2.14. The molecule has 2 aliphatic heterocycles. The zero-order valence-corrected chi connectivity index (χ0v) is 16.0. The molecule has 1 atom stereocenters. The number of nitrogens with one attached hydrogen (secondary N) is 1. The molecule has 0 saturated carbocycles. The summed E-state index contributed by atoms with van der Waals surface area (Å²) < 4.78 is 12.8. The molecule has 0 fully saturated rings. The van der Waals surface area contributed by atoms with E-state index in [4.69, 9.17) is 14.6 Å². The maximum Gasteiger partial charge on any atom is 0.231 e. The van der Waals surface area contributed by atoms with E-state index in [-0.39, 0.29) is 18.3 Å². The Labute approximate surface area is 171 Å². The Morgan fingerprint density at radius 3 is 2.77 bits per heavy atom. The maximum absolute atomic E-state index is 12.9. The van der Waals surface area contributed by atoms with Crippen LogP contribution in [0, 0.1) is 0 Å². The van der Waals surface area contributed by atoms with Crippen molar-refractivity contribution in [2.75, 3.05) is 12.1 Å². The predicted octanol–water partition coefficient (Wildman–Crippen LogP) is 3.40. The number of anilines is 1. The average Bonchev–Trinajstić information content (AvgIpc) is 3.39. The minimum atomic E-state index is -0.392. The van der Waals surface area contributed by atoms with E-state index in [2.05, 4.69) is 10.3 Å². The van der Waals surface area contributed by atoms with E-state index >= 15 is 0 Å². The van der Waals surface area contributed by atoms with Gasteiger partial charge in [-0.15, -0.1) is 5.10 Å². The first-order chi connectivity index (χ1) is 14.7. The van der Waals surface area contributed by atoms with Crippen LogP contribution in [0.2, 0.25) is 0 Å². The molecule has 30 heavy (non-hydrogen) atoms. The molecule has 6 rings (SSSR count). The summed E-state index contributed by atoms with van der Waals surface area (Å²) in [4.78, 5) is 17.6. The summed E-state index contributed by atoms with van der Waals surface area (Å²) in [7, 11) is 0. The second-order valence-corrected chi connectivity index (χ2v) is 7.56. The van der Waals surface area contributed by atoms with Crippen molar-refractivity contribution in [1.82, 2.24) is 14.8 Å². The molecule has 8 heteroatoms. The lowest BCUT2D eigenvalue weighted by molar-refractivity contribution is -0.116. The van der Waals surface area contributed by atoms with Crippen LogP contribution in [0.15, 0.2) is 53.7 Å². The third kappa shape index (κ3) is 2.57.